The minimum atomic E-state index is -0.303. The van der Waals surface area contributed by atoms with Crippen molar-refractivity contribution in [3.8, 4) is 0 Å². The van der Waals surface area contributed by atoms with Crippen LogP contribution in [-0.4, -0.2) is 30.6 Å². The van der Waals surface area contributed by atoms with Crippen LogP contribution in [0.25, 0.3) is 0 Å². The first-order valence-corrected chi connectivity index (χ1v) is 10.8. The molecule has 4 saturated carbocycles. The van der Waals surface area contributed by atoms with Gasteiger partial charge in [0.1, 0.15) is 6.54 Å². The summed E-state index contributed by atoms with van der Waals surface area (Å²) in [6.45, 7) is 4.74. The molecular formula is C23H34N3O2+. The lowest BCUT2D eigenvalue weighted by Crippen LogP contribution is -3.12. The third-order valence-electron chi connectivity index (χ3n) is 7.52. The number of imide groups is 1. The Morgan fingerprint density at radius 2 is 1.68 bits per heavy atom. The van der Waals surface area contributed by atoms with Gasteiger partial charge < -0.3 is 10.2 Å². The molecule has 0 heterocycles. The molecular weight excluding hydrogens is 350 g/mol. The zero-order valence-corrected chi connectivity index (χ0v) is 17.4. The Balaban J connectivity index is 1.31. The van der Waals surface area contributed by atoms with Crippen LogP contribution in [0.5, 0.6) is 0 Å². The number of carbonyl (C=O) groups is 2. The van der Waals surface area contributed by atoms with E-state index in [0.29, 0.717) is 0 Å². The van der Waals surface area contributed by atoms with Gasteiger partial charge in [-0.05, 0) is 75.7 Å². The van der Waals surface area contributed by atoms with Gasteiger partial charge in [0.15, 0.2) is 6.04 Å². The van der Waals surface area contributed by atoms with Crippen molar-refractivity contribution in [3.05, 3.63) is 35.4 Å². The van der Waals surface area contributed by atoms with Gasteiger partial charge in [0.2, 0.25) is 0 Å². The van der Waals surface area contributed by atoms with Crippen molar-refractivity contribution in [3.63, 3.8) is 0 Å². The Hall–Kier alpha value is -1.88. The minimum absolute atomic E-state index is 0.0672. The van der Waals surface area contributed by atoms with E-state index >= 15 is 0 Å². The summed E-state index contributed by atoms with van der Waals surface area (Å²) in [7, 11) is 2.01. The van der Waals surface area contributed by atoms with Crippen LogP contribution < -0.4 is 15.5 Å². The lowest BCUT2D eigenvalue weighted by molar-refractivity contribution is -0.908. The molecule has 0 aromatic heterocycles. The molecule has 1 aromatic rings. The number of urea groups is 1. The molecule has 152 valence electrons. The molecule has 0 radical (unpaired) electrons. The Bertz CT molecular complexity index is 725. The first-order valence-electron chi connectivity index (χ1n) is 10.8. The zero-order chi connectivity index (χ0) is 19.9. The second-order valence-electron chi connectivity index (χ2n) is 9.81. The Morgan fingerprint density at radius 1 is 1.11 bits per heavy atom. The lowest BCUT2D eigenvalue weighted by atomic mass is 9.53. The highest BCUT2D eigenvalue weighted by molar-refractivity contribution is 5.96. The fourth-order valence-corrected chi connectivity index (χ4v) is 6.24. The second kappa shape index (κ2) is 7.51. The summed E-state index contributed by atoms with van der Waals surface area (Å²) < 4.78 is 0. The number of hydrogen-bond acceptors (Lipinski definition) is 2. The van der Waals surface area contributed by atoms with Gasteiger partial charge in [0, 0.05) is 11.1 Å². The van der Waals surface area contributed by atoms with Crippen LogP contribution in [0.2, 0.25) is 0 Å². The molecule has 1 aromatic carbocycles. The summed E-state index contributed by atoms with van der Waals surface area (Å²) >= 11 is 0. The van der Waals surface area contributed by atoms with Gasteiger partial charge in [-0.3, -0.25) is 10.1 Å². The second-order valence-corrected chi connectivity index (χ2v) is 9.81. The maximum atomic E-state index is 12.7. The summed E-state index contributed by atoms with van der Waals surface area (Å²) in [6.07, 6.45) is 7.29. The highest BCUT2D eigenvalue weighted by atomic mass is 16.2. The van der Waals surface area contributed by atoms with E-state index in [2.05, 4.69) is 29.7 Å². The number of rotatable bonds is 5. The number of aryl methyl sites for hydroxylation is 1. The van der Waals surface area contributed by atoms with E-state index in [4.69, 9.17) is 0 Å². The monoisotopic (exact) mass is 384 g/mol. The van der Waals surface area contributed by atoms with E-state index < -0.39 is 0 Å². The molecule has 5 nitrogen and oxygen atoms in total. The molecule has 5 rings (SSSR count). The number of quaternary nitrogens is 1. The Labute approximate surface area is 168 Å². The van der Waals surface area contributed by atoms with Crippen LogP contribution in [0.3, 0.4) is 0 Å². The molecule has 2 atom stereocenters. The first-order chi connectivity index (χ1) is 13.3. The number of hydrogen-bond donors (Lipinski definition) is 3. The summed E-state index contributed by atoms with van der Waals surface area (Å²) in [5.41, 5.74) is 2.40. The lowest BCUT2D eigenvalue weighted by Gasteiger charge is -2.56. The summed E-state index contributed by atoms with van der Waals surface area (Å²) in [4.78, 5) is 26.4. The van der Waals surface area contributed by atoms with Gasteiger partial charge in [-0.25, -0.2) is 4.79 Å². The summed E-state index contributed by atoms with van der Waals surface area (Å²) in [5.74, 6) is 2.11. The first kappa shape index (κ1) is 19.4. The molecule has 3 amide bonds. The van der Waals surface area contributed by atoms with Crippen molar-refractivity contribution < 1.29 is 14.5 Å². The van der Waals surface area contributed by atoms with E-state index in [9.17, 15) is 9.59 Å². The zero-order valence-electron chi connectivity index (χ0n) is 17.4. The topological polar surface area (TPSA) is 62.6 Å². The molecule has 5 heteroatoms. The average molecular weight is 385 g/mol. The fourth-order valence-electron chi connectivity index (χ4n) is 6.24. The standard InChI is InChI=1S/C23H33N3O2/c1-15-6-4-5-7-20(15)14-26(3)16(2)21(27)24-22(28)25-23-11-17-8-18(12-23)10-19(9-17)13-23/h4-7,16-19H,8-14H2,1-3H3,(H2,24,25,27,28)/p+1/t16-,17?,18?,19?,23?/m1/s1. The van der Waals surface area contributed by atoms with Crippen LogP contribution in [-0.2, 0) is 11.3 Å². The Morgan fingerprint density at radius 3 is 2.25 bits per heavy atom. The van der Waals surface area contributed by atoms with Crippen LogP contribution >= 0.6 is 0 Å². The maximum absolute atomic E-state index is 12.7. The molecule has 0 spiro atoms. The quantitative estimate of drug-likeness (QED) is 0.729. The maximum Gasteiger partial charge on any atom is 0.322 e. The summed E-state index contributed by atoms with van der Waals surface area (Å²) in [6, 6.07) is 7.65. The van der Waals surface area contributed by atoms with Gasteiger partial charge in [0.05, 0.1) is 7.05 Å². The Kier molecular flexibility index (Phi) is 5.21. The van der Waals surface area contributed by atoms with Gasteiger partial charge in [-0.2, -0.15) is 0 Å². The number of carbonyl (C=O) groups excluding carboxylic acids is 2. The number of benzene rings is 1. The highest BCUT2D eigenvalue weighted by Gasteiger charge is 2.51. The molecule has 1 unspecified atom stereocenters. The molecule has 0 aliphatic heterocycles. The molecule has 4 aliphatic rings. The van der Waals surface area contributed by atoms with Crippen molar-refractivity contribution in [2.45, 2.75) is 70.5 Å². The molecule has 0 saturated heterocycles. The third kappa shape index (κ3) is 3.95. The van der Waals surface area contributed by atoms with Gasteiger partial charge >= 0.3 is 6.03 Å². The van der Waals surface area contributed by atoms with Gasteiger partial charge in [0.25, 0.3) is 5.91 Å². The SMILES string of the molecule is Cc1ccccc1C[NH+](C)[C@H](C)C(=O)NC(=O)NC12CC3CC(CC(C3)C1)C2. The van der Waals surface area contributed by atoms with Crippen molar-refractivity contribution in [1.82, 2.24) is 10.6 Å². The van der Waals surface area contributed by atoms with Gasteiger partial charge in [-0.15, -0.1) is 0 Å². The van der Waals surface area contributed by atoms with Crippen molar-refractivity contribution >= 4 is 11.9 Å². The van der Waals surface area contributed by atoms with E-state index in [0.717, 1.165) is 48.5 Å². The molecule has 28 heavy (non-hydrogen) atoms. The van der Waals surface area contributed by atoms with Crippen molar-refractivity contribution in [2.24, 2.45) is 17.8 Å². The highest BCUT2D eigenvalue weighted by Crippen LogP contribution is 2.55. The predicted octanol–water partition coefficient (Wildman–Crippen LogP) is 2.19. The van der Waals surface area contributed by atoms with Crippen LogP contribution in [0.4, 0.5) is 4.79 Å². The molecule has 4 fully saturated rings. The van der Waals surface area contributed by atoms with E-state index in [1.165, 1.54) is 30.4 Å². The fraction of sp³-hybridized carbons (Fsp3) is 0.652. The number of amides is 3. The van der Waals surface area contributed by atoms with E-state index in [1.807, 2.05) is 26.1 Å². The van der Waals surface area contributed by atoms with Crippen LogP contribution in [0.1, 0.15) is 56.6 Å². The smallest absolute Gasteiger partial charge is 0.322 e. The van der Waals surface area contributed by atoms with Gasteiger partial charge in [-0.1, -0.05) is 24.3 Å². The summed E-state index contributed by atoms with van der Waals surface area (Å²) in [5, 5.41) is 5.85. The van der Waals surface area contributed by atoms with E-state index in [1.54, 1.807) is 0 Å². The van der Waals surface area contributed by atoms with E-state index in [-0.39, 0.29) is 23.5 Å². The van der Waals surface area contributed by atoms with Crippen molar-refractivity contribution in [1.29, 1.82) is 0 Å². The normalized spacial score (nSPS) is 32.6. The molecule has 4 bridgehead atoms. The third-order valence-corrected chi connectivity index (χ3v) is 7.52. The molecule has 3 N–H and O–H groups in total. The van der Waals surface area contributed by atoms with Crippen LogP contribution in [0.15, 0.2) is 24.3 Å². The molecule has 4 aliphatic carbocycles. The number of likely N-dealkylation sites (N-methyl/N-ethyl adjacent to an activating group) is 1. The average Bonchev–Trinajstić information content (AvgIpc) is 2.61. The predicted molar refractivity (Wildman–Crippen MR) is 109 cm³/mol. The van der Waals surface area contributed by atoms with Crippen molar-refractivity contribution in [2.75, 3.05) is 7.05 Å². The largest absolute Gasteiger partial charge is 0.332 e. The number of nitrogens with one attached hydrogen (secondary N) is 3. The minimum Gasteiger partial charge on any atom is -0.332 e. The van der Waals surface area contributed by atoms with Crippen LogP contribution in [0, 0.1) is 24.7 Å².